The average molecular weight is 645 g/mol. The minimum Gasteiger partial charge on any atom is -0.381 e. The predicted octanol–water partition coefficient (Wildman–Crippen LogP) is 3.70. The SMILES string of the molecule is C=NC(CF)C(O)(c1ccc(S(C)(=O)=O)cc1)C1C(c2ccc(S(C)(=O)=O)cc2)OC(C)(C)N1OC(=O)OOC(C)(C)C. The van der Waals surface area contributed by atoms with Gasteiger partial charge in [-0.1, -0.05) is 29.3 Å². The molecule has 238 valence electrons. The molecule has 0 saturated carbocycles. The van der Waals surface area contributed by atoms with Gasteiger partial charge in [-0.25, -0.2) is 21.2 Å². The van der Waals surface area contributed by atoms with E-state index in [4.69, 9.17) is 19.3 Å². The molecule has 0 amide bonds. The van der Waals surface area contributed by atoms with Crippen LogP contribution in [0.5, 0.6) is 0 Å². The van der Waals surface area contributed by atoms with Crippen LogP contribution in [0.15, 0.2) is 63.3 Å². The van der Waals surface area contributed by atoms with Crippen molar-refractivity contribution in [3.63, 3.8) is 0 Å². The Morgan fingerprint density at radius 1 is 1.05 bits per heavy atom. The Bertz CT molecular complexity index is 1540. The average Bonchev–Trinajstić information content (AvgIpc) is 3.17. The first kappa shape index (κ1) is 34.5. The molecule has 2 aromatic rings. The molecule has 1 aliphatic heterocycles. The van der Waals surface area contributed by atoms with Gasteiger partial charge in [-0.3, -0.25) is 9.88 Å². The van der Waals surface area contributed by atoms with Crippen molar-refractivity contribution in [3.8, 4) is 0 Å². The van der Waals surface area contributed by atoms with E-state index in [9.17, 15) is 31.1 Å². The summed E-state index contributed by atoms with van der Waals surface area (Å²) in [4.78, 5) is 32.0. The van der Waals surface area contributed by atoms with Gasteiger partial charge in [0.1, 0.15) is 41.8 Å². The van der Waals surface area contributed by atoms with Crippen LogP contribution in [-0.4, -0.2) is 82.5 Å². The summed E-state index contributed by atoms with van der Waals surface area (Å²) in [5, 5.41) is 13.5. The third-order valence-corrected chi connectivity index (χ3v) is 8.98. The van der Waals surface area contributed by atoms with Crippen molar-refractivity contribution in [2.75, 3.05) is 19.2 Å². The van der Waals surface area contributed by atoms with E-state index in [2.05, 4.69) is 11.7 Å². The topological polar surface area (TPSA) is 158 Å². The minimum absolute atomic E-state index is 0.00640. The Kier molecular flexibility index (Phi) is 9.81. The molecular formula is C28H37FN2O10S2. The standard InChI is InChI=1S/C28H37FN2O10S2/c1-26(2,3)41-40-25(32)39-31-24(23(38-27(31,4)5)18-9-13-20(14-10-18)42(7,34)35)28(33,22(17-29)30-6)19-11-15-21(16-12-19)43(8,36)37/h9-16,22-24,33H,6,17H2,1-5,7-8H3. The first-order valence-corrected chi connectivity index (χ1v) is 16.8. The Balaban J connectivity index is 2.26. The Morgan fingerprint density at radius 2 is 1.53 bits per heavy atom. The van der Waals surface area contributed by atoms with Crippen LogP contribution >= 0.6 is 0 Å². The van der Waals surface area contributed by atoms with Crippen molar-refractivity contribution in [2.24, 2.45) is 4.99 Å². The number of aliphatic hydroxyl groups is 1. The molecule has 0 bridgehead atoms. The largest absolute Gasteiger partial charge is 0.560 e. The number of sulfone groups is 2. The highest BCUT2D eigenvalue weighted by Crippen LogP contribution is 2.50. The molecule has 4 unspecified atom stereocenters. The lowest BCUT2D eigenvalue weighted by molar-refractivity contribution is -0.340. The predicted molar refractivity (Wildman–Crippen MR) is 154 cm³/mol. The molecule has 15 heteroatoms. The second-order valence-corrected chi connectivity index (χ2v) is 15.7. The van der Waals surface area contributed by atoms with Gasteiger partial charge in [-0.05, 0) is 76.7 Å². The lowest BCUT2D eigenvalue weighted by Gasteiger charge is -2.43. The van der Waals surface area contributed by atoms with Gasteiger partial charge in [0.25, 0.3) is 0 Å². The number of benzene rings is 2. The van der Waals surface area contributed by atoms with Crippen molar-refractivity contribution in [3.05, 3.63) is 59.7 Å². The molecule has 0 radical (unpaired) electrons. The third-order valence-electron chi connectivity index (χ3n) is 6.73. The first-order chi connectivity index (χ1) is 19.6. The molecule has 1 heterocycles. The Labute approximate surface area is 251 Å². The van der Waals surface area contributed by atoms with Crippen molar-refractivity contribution >= 4 is 32.5 Å². The molecule has 0 aliphatic carbocycles. The van der Waals surface area contributed by atoms with Crippen molar-refractivity contribution in [2.45, 2.75) is 79.5 Å². The van der Waals surface area contributed by atoms with Crippen LogP contribution in [0.25, 0.3) is 0 Å². The quantitative estimate of drug-likeness (QED) is 0.228. The number of alkyl halides is 1. The highest BCUT2D eigenvalue weighted by molar-refractivity contribution is 7.91. The number of hydroxylamine groups is 2. The number of ether oxygens (including phenoxy) is 1. The van der Waals surface area contributed by atoms with Gasteiger partial charge < -0.3 is 14.7 Å². The molecule has 12 nitrogen and oxygen atoms in total. The second-order valence-electron chi connectivity index (χ2n) is 11.7. The fourth-order valence-electron chi connectivity index (χ4n) is 4.71. The van der Waals surface area contributed by atoms with Crippen molar-refractivity contribution in [1.29, 1.82) is 0 Å². The van der Waals surface area contributed by atoms with Crippen LogP contribution in [0.3, 0.4) is 0 Å². The zero-order chi connectivity index (χ0) is 32.6. The molecule has 1 N–H and O–H groups in total. The van der Waals surface area contributed by atoms with E-state index in [0.717, 1.165) is 17.6 Å². The van der Waals surface area contributed by atoms with Crippen LogP contribution in [0.4, 0.5) is 9.18 Å². The van der Waals surface area contributed by atoms with E-state index in [1.165, 1.54) is 62.4 Å². The Hall–Kier alpha value is -2.95. The molecule has 43 heavy (non-hydrogen) atoms. The van der Waals surface area contributed by atoms with E-state index in [1.54, 1.807) is 20.8 Å². The van der Waals surface area contributed by atoms with Crippen LogP contribution in [-0.2, 0) is 44.6 Å². The lowest BCUT2D eigenvalue weighted by atomic mass is 9.76. The van der Waals surface area contributed by atoms with Gasteiger partial charge in [-0.15, -0.1) is 0 Å². The number of halogens is 1. The summed E-state index contributed by atoms with van der Waals surface area (Å²) >= 11 is 0. The highest BCUT2D eigenvalue weighted by Gasteiger charge is 2.62. The highest BCUT2D eigenvalue weighted by atomic mass is 32.2. The van der Waals surface area contributed by atoms with E-state index in [0.29, 0.717) is 5.56 Å². The lowest BCUT2D eigenvalue weighted by Crippen LogP contribution is -2.59. The molecular weight excluding hydrogens is 607 g/mol. The molecule has 4 atom stereocenters. The van der Waals surface area contributed by atoms with Crippen molar-refractivity contribution in [1.82, 2.24) is 5.06 Å². The number of hydrogen-bond acceptors (Lipinski definition) is 12. The van der Waals surface area contributed by atoms with Gasteiger partial charge >= 0.3 is 6.16 Å². The molecule has 1 fully saturated rings. The third kappa shape index (κ3) is 7.59. The summed E-state index contributed by atoms with van der Waals surface area (Å²) in [5.41, 5.74) is -4.44. The monoisotopic (exact) mass is 644 g/mol. The van der Waals surface area contributed by atoms with Gasteiger partial charge in [0.2, 0.25) is 0 Å². The molecule has 0 aromatic heterocycles. The smallest absolute Gasteiger partial charge is 0.381 e. The summed E-state index contributed by atoms with van der Waals surface area (Å²) in [5.74, 6) is 0. The number of carbonyl (C=O) groups is 1. The van der Waals surface area contributed by atoms with E-state index >= 15 is 0 Å². The number of carbonyl (C=O) groups excluding carboxylic acids is 1. The zero-order valence-electron chi connectivity index (χ0n) is 25.0. The van der Waals surface area contributed by atoms with Crippen LogP contribution in [0, 0.1) is 0 Å². The summed E-state index contributed by atoms with van der Waals surface area (Å²) in [6, 6.07) is 7.58. The molecule has 3 rings (SSSR count). The fraction of sp³-hybridized carbons (Fsp3) is 0.500. The van der Waals surface area contributed by atoms with Crippen LogP contribution < -0.4 is 0 Å². The number of nitrogens with zero attached hydrogens (tertiary/aromatic N) is 2. The van der Waals surface area contributed by atoms with E-state index in [1.807, 2.05) is 0 Å². The molecule has 0 spiro atoms. The Morgan fingerprint density at radius 3 is 1.95 bits per heavy atom. The maximum absolute atomic E-state index is 14.6. The minimum atomic E-state index is -3.62. The number of rotatable bonds is 10. The summed E-state index contributed by atoms with van der Waals surface area (Å²) in [6.45, 7) is 10.1. The second kappa shape index (κ2) is 12.2. The van der Waals surface area contributed by atoms with Gasteiger partial charge in [0, 0.05) is 12.5 Å². The van der Waals surface area contributed by atoms with Crippen LogP contribution in [0.1, 0.15) is 51.8 Å². The van der Waals surface area contributed by atoms with Crippen molar-refractivity contribution < 1.29 is 50.5 Å². The maximum atomic E-state index is 14.6. The summed E-state index contributed by atoms with van der Waals surface area (Å²) in [7, 11) is -7.18. The normalized spacial score (nSPS) is 21.5. The summed E-state index contributed by atoms with van der Waals surface area (Å²) < 4.78 is 69.3. The fourth-order valence-corrected chi connectivity index (χ4v) is 5.97. The van der Waals surface area contributed by atoms with E-state index in [-0.39, 0.29) is 15.4 Å². The van der Waals surface area contributed by atoms with Crippen LogP contribution in [0.2, 0.25) is 0 Å². The molecule has 2 aromatic carbocycles. The van der Waals surface area contributed by atoms with Gasteiger partial charge in [0.05, 0.1) is 9.79 Å². The molecule has 1 aliphatic rings. The number of hydrogen-bond donors (Lipinski definition) is 1. The summed E-state index contributed by atoms with van der Waals surface area (Å²) in [6.07, 6.45) is -0.478. The maximum Gasteiger partial charge on any atom is 0.560 e. The number of aliphatic imine (C=N–C) groups is 1. The van der Waals surface area contributed by atoms with Gasteiger partial charge in [0.15, 0.2) is 19.7 Å². The molecule has 1 saturated heterocycles. The zero-order valence-corrected chi connectivity index (χ0v) is 26.6. The van der Waals surface area contributed by atoms with E-state index < -0.39 is 67.6 Å². The first-order valence-electron chi connectivity index (χ1n) is 13.0. The van der Waals surface area contributed by atoms with Gasteiger partial charge in [-0.2, -0.15) is 9.68 Å².